The summed E-state index contributed by atoms with van der Waals surface area (Å²) in [5.41, 5.74) is 6.05. The second kappa shape index (κ2) is 14.4. The van der Waals surface area contributed by atoms with E-state index in [-0.39, 0.29) is 5.95 Å². The minimum Gasteiger partial charge on any atom is -0.478 e. The van der Waals surface area contributed by atoms with Crippen LogP contribution in [-0.2, 0) is 0 Å². The van der Waals surface area contributed by atoms with Crippen molar-refractivity contribution < 1.29 is 9.94 Å². The predicted molar refractivity (Wildman–Crippen MR) is 107 cm³/mol. The van der Waals surface area contributed by atoms with Crippen LogP contribution in [0.5, 0.6) is 5.88 Å². The lowest BCUT2D eigenvalue weighted by Crippen LogP contribution is -2.23. The molecular weight excluding hydrogens is 328 g/mol. The molecule has 0 atom stereocenters. The van der Waals surface area contributed by atoms with E-state index in [2.05, 4.69) is 16.9 Å². The van der Waals surface area contributed by atoms with Gasteiger partial charge in [-0.25, -0.2) is 0 Å². The van der Waals surface area contributed by atoms with E-state index in [4.69, 9.17) is 10.5 Å². The fourth-order valence-electron chi connectivity index (χ4n) is 2.96. The highest BCUT2D eigenvalue weighted by Gasteiger charge is 2.03. The van der Waals surface area contributed by atoms with Gasteiger partial charge in [0.2, 0.25) is 11.8 Å². The van der Waals surface area contributed by atoms with Crippen LogP contribution >= 0.6 is 0 Å². The van der Waals surface area contributed by atoms with Crippen molar-refractivity contribution in [2.24, 2.45) is 4.99 Å². The number of anilines is 1. The molecule has 26 heavy (non-hydrogen) atoms. The number of hydrogen-bond donors (Lipinski definition) is 2. The normalized spacial score (nSPS) is 11.8. The number of nitrogen functional groups attached to an aromatic ring is 1. The van der Waals surface area contributed by atoms with Crippen molar-refractivity contribution >= 4 is 5.95 Å². The van der Waals surface area contributed by atoms with Crippen molar-refractivity contribution in [2.45, 2.75) is 90.9 Å². The quantitative estimate of drug-likeness (QED) is 0.348. The Hall–Kier alpha value is -1.72. The van der Waals surface area contributed by atoms with Crippen LogP contribution < -0.4 is 16.0 Å². The van der Waals surface area contributed by atoms with E-state index in [9.17, 15) is 5.21 Å². The molecule has 6 heteroatoms. The molecule has 0 bridgehead atoms. The van der Waals surface area contributed by atoms with Gasteiger partial charge in [0, 0.05) is 12.6 Å². The first-order valence-electron chi connectivity index (χ1n) is 10.4. The Bertz CT molecular complexity index is 543. The Morgan fingerprint density at radius 2 is 1.50 bits per heavy atom. The van der Waals surface area contributed by atoms with E-state index in [0.717, 1.165) is 11.2 Å². The smallest absolute Gasteiger partial charge is 0.239 e. The first-order valence-corrected chi connectivity index (χ1v) is 10.4. The number of ether oxygens (including phenoxy) is 1. The molecule has 0 radical (unpaired) electrons. The van der Waals surface area contributed by atoms with Crippen LogP contribution in [0.2, 0.25) is 0 Å². The maximum atomic E-state index is 9.86. The molecule has 0 fully saturated rings. The van der Waals surface area contributed by atoms with Gasteiger partial charge in [-0.05, 0) is 13.3 Å². The van der Waals surface area contributed by atoms with E-state index >= 15 is 0 Å². The average Bonchev–Trinajstić information content (AvgIpc) is 2.63. The van der Waals surface area contributed by atoms with Crippen molar-refractivity contribution in [3.05, 3.63) is 11.6 Å². The molecule has 0 aliphatic rings. The van der Waals surface area contributed by atoms with Gasteiger partial charge in [0.1, 0.15) is 0 Å². The largest absolute Gasteiger partial charge is 0.478 e. The van der Waals surface area contributed by atoms with E-state index in [1.54, 1.807) is 6.07 Å². The zero-order chi connectivity index (χ0) is 19.0. The summed E-state index contributed by atoms with van der Waals surface area (Å²) >= 11 is 0. The third kappa shape index (κ3) is 9.68. The highest BCUT2D eigenvalue weighted by molar-refractivity contribution is 5.21. The maximum Gasteiger partial charge on any atom is 0.239 e. The predicted octanol–water partition coefficient (Wildman–Crippen LogP) is 4.70. The van der Waals surface area contributed by atoms with E-state index in [1.165, 1.54) is 70.6 Å². The van der Waals surface area contributed by atoms with Crippen molar-refractivity contribution in [2.75, 3.05) is 18.9 Å². The van der Waals surface area contributed by atoms with Crippen molar-refractivity contribution in [1.29, 1.82) is 0 Å². The number of nitrogens with zero attached hydrogens (tertiary/aromatic N) is 3. The summed E-state index contributed by atoms with van der Waals surface area (Å²) < 4.78 is 6.13. The first-order chi connectivity index (χ1) is 12.7. The van der Waals surface area contributed by atoms with Crippen LogP contribution in [0.1, 0.15) is 90.9 Å². The summed E-state index contributed by atoms with van der Waals surface area (Å²) in [5.74, 6) is 0.383. The van der Waals surface area contributed by atoms with Crippen LogP contribution in [-0.4, -0.2) is 28.1 Å². The third-order valence-corrected chi connectivity index (χ3v) is 4.49. The molecule has 0 aliphatic carbocycles. The number of nitrogens with two attached hydrogens (primary N) is 1. The summed E-state index contributed by atoms with van der Waals surface area (Å²) in [5, 5.41) is 9.86. The molecule has 150 valence electrons. The van der Waals surface area contributed by atoms with E-state index < -0.39 is 0 Å². The molecule has 0 spiro atoms. The zero-order valence-electron chi connectivity index (χ0n) is 16.8. The molecule has 1 aromatic rings. The Morgan fingerprint density at radius 3 is 2.04 bits per heavy atom. The molecule has 0 aliphatic heterocycles. The Morgan fingerprint density at radius 1 is 0.962 bits per heavy atom. The summed E-state index contributed by atoms with van der Waals surface area (Å²) in [4.78, 5) is 8.35. The van der Waals surface area contributed by atoms with Crippen molar-refractivity contribution in [3.8, 4) is 5.88 Å². The molecule has 3 N–H and O–H groups in total. The van der Waals surface area contributed by atoms with E-state index in [1.807, 2.05) is 6.92 Å². The number of rotatable bonds is 15. The Balaban J connectivity index is 2.12. The molecule has 0 unspecified atom stereocenters. The van der Waals surface area contributed by atoms with E-state index in [0.29, 0.717) is 24.5 Å². The second-order valence-corrected chi connectivity index (χ2v) is 6.83. The maximum absolute atomic E-state index is 9.86. The Labute approximate surface area is 158 Å². The lowest BCUT2D eigenvalue weighted by Gasteiger charge is -2.06. The fourth-order valence-corrected chi connectivity index (χ4v) is 2.96. The monoisotopic (exact) mass is 366 g/mol. The molecule has 1 aromatic heterocycles. The van der Waals surface area contributed by atoms with Gasteiger partial charge < -0.3 is 15.7 Å². The van der Waals surface area contributed by atoms with Gasteiger partial charge in [0.05, 0.1) is 6.61 Å². The van der Waals surface area contributed by atoms with Crippen LogP contribution in [0, 0.1) is 0 Å². The average molecular weight is 367 g/mol. The summed E-state index contributed by atoms with van der Waals surface area (Å²) in [6.07, 6.45) is 15.8. The molecule has 1 heterocycles. The molecule has 6 nitrogen and oxygen atoms in total. The standard InChI is InChI=1S/C20H38N4O2/c1-3-5-6-7-8-9-10-11-12-13-14-15-16-22-18-17-19(26-4-2)23-20(21)24(18)25/h17,25H,3-16H2,1-2H3,(H2,21,23). The number of hydrogen-bond acceptors (Lipinski definition) is 5. The summed E-state index contributed by atoms with van der Waals surface area (Å²) in [6, 6.07) is 1.61. The van der Waals surface area contributed by atoms with Crippen LogP contribution in [0.15, 0.2) is 11.1 Å². The van der Waals surface area contributed by atoms with Gasteiger partial charge in [-0.3, -0.25) is 4.99 Å². The SMILES string of the molecule is CCCCCCCCCCCCCCN=c1cc(OCC)nc(N)n1O. The molecule has 0 amide bonds. The van der Waals surface area contributed by atoms with Gasteiger partial charge in [0.25, 0.3) is 0 Å². The highest BCUT2D eigenvalue weighted by atomic mass is 16.5. The van der Waals surface area contributed by atoms with Gasteiger partial charge in [-0.15, -0.1) is 4.73 Å². The molecule has 0 saturated carbocycles. The number of unbranched alkanes of at least 4 members (excludes halogenated alkanes) is 11. The topological polar surface area (TPSA) is 85.7 Å². The molecule has 0 saturated heterocycles. The van der Waals surface area contributed by atoms with Crippen LogP contribution in [0.4, 0.5) is 5.95 Å². The zero-order valence-corrected chi connectivity index (χ0v) is 16.8. The number of aromatic nitrogens is 2. The van der Waals surface area contributed by atoms with Gasteiger partial charge >= 0.3 is 0 Å². The minimum absolute atomic E-state index is 0.00982. The van der Waals surface area contributed by atoms with Gasteiger partial charge in [-0.2, -0.15) is 4.98 Å². The Kier molecular flexibility index (Phi) is 12.4. The summed E-state index contributed by atoms with van der Waals surface area (Å²) in [7, 11) is 0. The lowest BCUT2D eigenvalue weighted by molar-refractivity contribution is 0.172. The molecular formula is C20H38N4O2. The van der Waals surface area contributed by atoms with Gasteiger partial charge in [0.15, 0.2) is 5.49 Å². The second-order valence-electron chi connectivity index (χ2n) is 6.83. The van der Waals surface area contributed by atoms with Crippen LogP contribution in [0.25, 0.3) is 0 Å². The third-order valence-electron chi connectivity index (χ3n) is 4.49. The summed E-state index contributed by atoms with van der Waals surface area (Å²) in [6.45, 7) is 5.31. The highest BCUT2D eigenvalue weighted by Crippen LogP contribution is 2.12. The first kappa shape index (κ1) is 22.3. The molecule has 0 aromatic carbocycles. The fraction of sp³-hybridized carbons (Fsp3) is 0.800. The van der Waals surface area contributed by atoms with Crippen molar-refractivity contribution in [3.63, 3.8) is 0 Å². The van der Waals surface area contributed by atoms with Crippen LogP contribution in [0.3, 0.4) is 0 Å². The van der Waals surface area contributed by atoms with Crippen molar-refractivity contribution in [1.82, 2.24) is 9.71 Å². The lowest BCUT2D eigenvalue weighted by atomic mass is 10.1. The minimum atomic E-state index is -0.00982. The van der Waals surface area contributed by atoms with Gasteiger partial charge in [-0.1, -0.05) is 77.6 Å². The molecule has 1 rings (SSSR count).